The van der Waals surface area contributed by atoms with Crippen molar-refractivity contribution in [3.63, 3.8) is 0 Å². The molecule has 0 nitrogen and oxygen atoms in total. The van der Waals surface area contributed by atoms with Crippen LogP contribution in [0.25, 0.3) is 106 Å². The van der Waals surface area contributed by atoms with Crippen molar-refractivity contribution in [3.8, 4) is 33.4 Å². The highest BCUT2D eigenvalue weighted by molar-refractivity contribution is 7.30. The zero-order valence-electron chi connectivity index (χ0n) is 27.0. The molecule has 0 N–H and O–H groups in total. The second-order valence-electron chi connectivity index (χ2n) is 13.2. The maximum atomic E-state index is 2.46. The van der Waals surface area contributed by atoms with Gasteiger partial charge in [-0.2, -0.15) is 0 Å². The topological polar surface area (TPSA) is 0 Å². The average Bonchev–Trinajstić information content (AvgIpc) is 3.75. The number of hydrogen-bond donors (Lipinski definition) is 0. The SMILES string of the molecule is c1cc(-c2c3ccccc3c(-c3ccc4ccccc4c3)c3ccccc23)cc(-c2cc3c4ccccc4sc3c3c2sc2ccccc23)c1. The molecule has 0 atom stereocenters. The first kappa shape index (κ1) is 28.1. The normalized spacial score (nSPS) is 12.0. The fourth-order valence-electron chi connectivity index (χ4n) is 8.22. The van der Waals surface area contributed by atoms with Crippen LogP contribution < -0.4 is 0 Å². The number of fused-ring (bicyclic) bond motifs is 10. The number of benzene rings is 9. The van der Waals surface area contributed by atoms with Gasteiger partial charge in [0, 0.05) is 45.9 Å². The first-order chi connectivity index (χ1) is 24.8. The maximum Gasteiger partial charge on any atom is 0.0449 e. The Morgan fingerprint density at radius 1 is 0.300 bits per heavy atom. The molecule has 0 radical (unpaired) electrons. The minimum absolute atomic E-state index is 1.24. The number of hydrogen-bond acceptors (Lipinski definition) is 2. The van der Waals surface area contributed by atoms with Crippen LogP contribution in [0.5, 0.6) is 0 Å². The molecule has 2 aromatic heterocycles. The summed E-state index contributed by atoms with van der Waals surface area (Å²) in [5, 5.41) is 13.1. The molecule has 0 aliphatic carbocycles. The Balaban J connectivity index is 1.20. The summed E-state index contributed by atoms with van der Waals surface area (Å²) in [5.74, 6) is 0. The number of thiophene rings is 2. The third kappa shape index (κ3) is 4.10. The van der Waals surface area contributed by atoms with E-state index in [0.29, 0.717) is 0 Å². The van der Waals surface area contributed by atoms with Crippen molar-refractivity contribution >= 4 is 95.3 Å². The minimum atomic E-state index is 1.24. The summed E-state index contributed by atoms with van der Waals surface area (Å²) in [5.41, 5.74) is 7.63. The molecular formula is C48H28S2. The molecule has 11 rings (SSSR count). The quantitative estimate of drug-likeness (QED) is 0.164. The van der Waals surface area contributed by atoms with Crippen LogP contribution in [0.3, 0.4) is 0 Å². The molecular weight excluding hydrogens is 641 g/mol. The van der Waals surface area contributed by atoms with E-state index in [1.807, 2.05) is 22.7 Å². The monoisotopic (exact) mass is 668 g/mol. The van der Waals surface area contributed by atoms with E-state index in [-0.39, 0.29) is 0 Å². The third-order valence-corrected chi connectivity index (χ3v) is 12.8. The van der Waals surface area contributed by atoms with E-state index in [1.54, 1.807) is 0 Å². The Kier molecular flexibility index (Phi) is 6.09. The zero-order chi connectivity index (χ0) is 32.8. The second kappa shape index (κ2) is 10.9. The van der Waals surface area contributed by atoms with Gasteiger partial charge in [0.15, 0.2) is 0 Å². The van der Waals surface area contributed by atoms with Crippen LogP contribution in [-0.4, -0.2) is 0 Å². The molecule has 9 aromatic carbocycles. The predicted molar refractivity (Wildman–Crippen MR) is 221 cm³/mol. The maximum absolute atomic E-state index is 2.46. The van der Waals surface area contributed by atoms with Crippen LogP contribution in [0.15, 0.2) is 170 Å². The fraction of sp³-hybridized carbons (Fsp3) is 0. The van der Waals surface area contributed by atoms with Crippen molar-refractivity contribution in [2.24, 2.45) is 0 Å². The molecule has 0 aliphatic rings. The van der Waals surface area contributed by atoms with E-state index in [0.717, 1.165) is 0 Å². The Labute approximate surface area is 297 Å². The Morgan fingerprint density at radius 3 is 1.52 bits per heavy atom. The predicted octanol–water partition coefficient (Wildman–Crippen LogP) is 14.9. The highest BCUT2D eigenvalue weighted by Gasteiger charge is 2.20. The molecule has 0 saturated carbocycles. The molecule has 0 bridgehead atoms. The molecule has 0 fully saturated rings. The average molecular weight is 669 g/mol. The molecule has 2 heteroatoms. The zero-order valence-corrected chi connectivity index (χ0v) is 28.6. The molecule has 2 heterocycles. The minimum Gasteiger partial charge on any atom is -0.134 e. The fourth-order valence-corrected chi connectivity index (χ4v) is 10.8. The third-order valence-electron chi connectivity index (χ3n) is 10.4. The smallest absolute Gasteiger partial charge is 0.0449 e. The van der Waals surface area contributed by atoms with Gasteiger partial charge < -0.3 is 0 Å². The summed E-state index contributed by atoms with van der Waals surface area (Å²) in [6.07, 6.45) is 0. The summed E-state index contributed by atoms with van der Waals surface area (Å²) in [6.45, 7) is 0. The van der Waals surface area contributed by atoms with Crippen LogP contribution in [0.4, 0.5) is 0 Å². The molecule has 232 valence electrons. The van der Waals surface area contributed by atoms with Gasteiger partial charge in [-0.15, -0.1) is 22.7 Å². The second-order valence-corrected chi connectivity index (χ2v) is 15.3. The molecule has 0 aliphatic heterocycles. The molecule has 50 heavy (non-hydrogen) atoms. The van der Waals surface area contributed by atoms with E-state index in [2.05, 4.69) is 170 Å². The van der Waals surface area contributed by atoms with Gasteiger partial charge in [-0.3, -0.25) is 0 Å². The lowest BCUT2D eigenvalue weighted by Crippen LogP contribution is -1.91. The highest BCUT2D eigenvalue weighted by Crippen LogP contribution is 2.50. The van der Waals surface area contributed by atoms with Crippen LogP contribution >= 0.6 is 22.7 Å². The first-order valence-corrected chi connectivity index (χ1v) is 18.7. The molecule has 0 amide bonds. The summed E-state index contributed by atoms with van der Waals surface area (Å²) >= 11 is 3.85. The van der Waals surface area contributed by atoms with Crippen molar-refractivity contribution in [1.29, 1.82) is 0 Å². The van der Waals surface area contributed by atoms with Crippen molar-refractivity contribution in [3.05, 3.63) is 170 Å². The van der Waals surface area contributed by atoms with Crippen molar-refractivity contribution in [1.82, 2.24) is 0 Å². The lowest BCUT2D eigenvalue weighted by Gasteiger charge is -2.18. The summed E-state index contributed by atoms with van der Waals surface area (Å²) < 4.78 is 5.43. The van der Waals surface area contributed by atoms with E-state index in [1.165, 1.54) is 106 Å². The standard InChI is InChI=1S/C48H28S2/c1-2-13-30-26-33(25-24-29(30)12-1)45-37-19-5-3-17-35(37)44(36-18-4-6-20-38(36)45)32-15-11-14-31(27-32)40-28-41-34-16-7-9-22-42(34)49-48(41)46-39-21-8-10-23-43(39)50-47(40)46/h1-28H. The van der Waals surface area contributed by atoms with Gasteiger partial charge in [-0.25, -0.2) is 0 Å². The Bertz CT molecular complexity index is 3100. The van der Waals surface area contributed by atoms with Gasteiger partial charge in [-0.05, 0) is 90.5 Å². The Hall–Kier alpha value is -5.80. The van der Waals surface area contributed by atoms with E-state index in [4.69, 9.17) is 0 Å². The van der Waals surface area contributed by atoms with Crippen LogP contribution in [0, 0.1) is 0 Å². The van der Waals surface area contributed by atoms with Crippen LogP contribution in [-0.2, 0) is 0 Å². The summed E-state index contributed by atoms with van der Waals surface area (Å²) in [7, 11) is 0. The first-order valence-electron chi connectivity index (χ1n) is 17.1. The molecule has 0 spiro atoms. The van der Waals surface area contributed by atoms with Gasteiger partial charge in [-0.1, -0.05) is 140 Å². The van der Waals surface area contributed by atoms with E-state index >= 15 is 0 Å². The molecule has 11 aromatic rings. The summed E-state index contributed by atoms with van der Waals surface area (Å²) in [6, 6.07) is 63.0. The lowest BCUT2D eigenvalue weighted by molar-refractivity contribution is 1.65. The Morgan fingerprint density at radius 2 is 0.820 bits per heavy atom. The van der Waals surface area contributed by atoms with Gasteiger partial charge in [0.25, 0.3) is 0 Å². The van der Waals surface area contributed by atoms with Crippen molar-refractivity contribution < 1.29 is 0 Å². The largest absolute Gasteiger partial charge is 0.134 e. The van der Waals surface area contributed by atoms with Crippen LogP contribution in [0.2, 0.25) is 0 Å². The molecule has 0 saturated heterocycles. The number of rotatable bonds is 3. The van der Waals surface area contributed by atoms with Crippen LogP contribution in [0.1, 0.15) is 0 Å². The summed E-state index contributed by atoms with van der Waals surface area (Å²) in [4.78, 5) is 0. The van der Waals surface area contributed by atoms with Gasteiger partial charge in [0.2, 0.25) is 0 Å². The van der Waals surface area contributed by atoms with Crippen molar-refractivity contribution in [2.45, 2.75) is 0 Å². The van der Waals surface area contributed by atoms with Gasteiger partial charge in [0.05, 0.1) is 0 Å². The molecule has 0 unspecified atom stereocenters. The van der Waals surface area contributed by atoms with E-state index < -0.39 is 0 Å². The highest BCUT2D eigenvalue weighted by atomic mass is 32.1. The van der Waals surface area contributed by atoms with Crippen molar-refractivity contribution in [2.75, 3.05) is 0 Å². The van der Waals surface area contributed by atoms with Gasteiger partial charge in [0.1, 0.15) is 0 Å². The lowest BCUT2D eigenvalue weighted by atomic mass is 9.85. The van der Waals surface area contributed by atoms with E-state index in [9.17, 15) is 0 Å². The van der Waals surface area contributed by atoms with Gasteiger partial charge >= 0.3 is 0 Å².